The molecule has 0 saturated carbocycles. The molecular formula is C22H20BrN3O3. The molecule has 0 aliphatic carbocycles. The van der Waals surface area contributed by atoms with E-state index in [1.54, 1.807) is 55.9 Å². The Morgan fingerprint density at radius 2 is 1.79 bits per heavy atom. The molecule has 3 aromatic rings. The number of rotatable bonds is 7. The standard InChI is InChI=1S/C22H20BrN3O3/c1-29-20-7-5-15(13-19(20)23)6-8-21(27)25-18-4-2-3-16(14-18)22(28)26-17-9-11-24-12-10-17/h2-5,7,9-14H,6,8H2,1H3,(H,25,27)(H,24,26,28). The van der Waals surface area contributed by atoms with Crippen molar-refractivity contribution < 1.29 is 14.3 Å². The van der Waals surface area contributed by atoms with Gasteiger partial charge in [-0.05, 0) is 70.4 Å². The number of anilines is 2. The molecule has 0 fully saturated rings. The summed E-state index contributed by atoms with van der Waals surface area (Å²) in [5.41, 5.74) is 2.72. The van der Waals surface area contributed by atoms with Gasteiger partial charge in [-0.15, -0.1) is 0 Å². The van der Waals surface area contributed by atoms with Crippen LogP contribution in [-0.2, 0) is 11.2 Å². The summed E-state index contributed by atoms with van der Waals surface area (Å²) in [6.45, 7) is 0. The second-order valence-corrected chi connectivity index (χ2v) is 7.14. The summed E-state index contributed by atoms with van der Waals surface area (Å²) >= 11 is 3.45. The highest BCUT2D eigenvalue weighted by Crippen LogP contribution is 2.26. The van der Waals surface area contributed by atoms with Crippen LogP contribution in [0.3, 0.4) is 0 Å². The molecular weight excluding hydrogens is 434 g/mol. The van der Waals surface area contributed by atoms with Gasteiger partial charge in [0.25, 0.3) is 5.91 Å². The molecule has 2 amide bonds. The molecule has 0 spiro atoms. The number of ether oxygens (including phenoxy) is 1. The Kier molecular flexibility index (Phi) is 6.97. The minimum atomic E-state index is -0.254. The summed E-state index contributed by atoms with van der Waals surface area (Å²) in [4.78, 5) is 28.6. The van der Waals surface area contributed by atoms with Crippen molar-refractivity contribution in [2.24, 2.45) is 0 Å². The van der Waals surface area contributed by atoms with Crippen LogP contribution in [0.5, 0.6) is 5.75 Å². The van der Waals surface area contributed by atoms with Crippen LogP contribution in [-0.4, -0.2) is 23.9 Å². The molecule has 6 nitrogen and oxygen atoms in total. The average Bonchev–Trinajstić information content (AvgIpc) is 2.73. The first-order chi connectivity index (χ1) is 14.0. The monoisotopic (exact) mass is 453 g/mol. The van der Waals surface area contributed by atoms with Crippen molar-refractivity contribution in [2.45, 2.75) is 12.8 Å². The maximum absolute atomic E-state index is 12.4. The zero-order valence-electron chi connectivity index (χ0n) is 15.8. The third-order valence-corrected chi connectivity index (χ3v) is 4.82. The Labute approximate surface area is 177 Å². The smallest absolute Gasteiger partial charge is 0.255 e. The lowest BCUT2D eigenvalue weighted by Gasteiger charge is -2.09. The van der Waals surface area contributed by atoms with Gasteiger partial charge >= 0.3 is 0 Å². The number of hydrogen-bond donors (Lipinski definition) is 2. The fraction of sp³-hybridized carbons (Fsp3) is 0.136. The predicted molar refractivity (Wildman–Crippen MR) is 116 cm³/mol. The van der Waals surface area contributed by atoms with Crippen LogP contribution in [0, 0.1) is 0 Å². The maximum atomic E-state index is 12.4. The van der Waals surface area contributed by atoms with Crippen molar-refractivity contribution in [1.82, 2.24) is 4.98 Å². The number of pyridine rings is 1. The Morgan fingerprint density at radius 3 is 2.52 bits per heavy atom. The summed E-state index contributed by atoms with van der Waals surface area (Å²) in [5.74, 6) is 0.374. The Balaban J connectivity index is 1.57. The van der Waals surface area contributed by atoms with Crippen molar-refractivity contribution in [2.75, 3.05) is 17.7 Å². The number of methoxy groups -OCH3 is 1. The van der Waals surface area contributed by atoms with Crippen LogP contribution in [0.25, 0.3) is 0 Å². The van der Waals surface area contributed by atoms with E-state index in [0.717, 1.165) is 15.8 Å². The molecule has 2 aromatic carbocycles. The van der Waals surface area contributed by atoms with E-state index in [1.165, 1.54) is 0 Å². The molecule has 0 aliphatic heterocycles. The lowest BCUT2D eigenvalue weighted by atomic mass is 10.1. The molecule has 0 bridgehead atoms. The summed E-state index contributed by atoms with van der Waals surface area (Å²) in [6.07, 6.45) is 4.13. The van der Waals surface area contributed by atoms with Crippen molar-refractivity contribution in [3.8, 4) is 5.75 Å². The lowest BCUT2D eigenvalue weighted by molar-refractivity contribution is -0.116. The summed E-state index contributed by atoms with van der Waals surface area (Å²) in [6, 6.07) is 16.0. The van der Waals surface area contributed by atoms with E-state index in [4.69, 9.17) is 4.74 Å². The second kappa shape index (κ2) is 9.84. The van der Waals surface area contributed by atoms with Crippen LogP contribution in [0.15, 0.2) is 71.5 Å². The molecule has 0 aliphatic rings. The Hall–Kier alpha value is -3.19. The van der Waals surface area contributed by atoms with Crippen LogP contribution in [0.1, 0.15) is 22.3 Å². The molecule has 7 heteroatoms. The minimum absolute atomic E-state index is 0.122. The number of carbonyl (C=O) groups is 2. The normalized spacial score (nSPS) is 10.3. The first-order valence-corrected chi connectivity index (χ1v) is 9.78. The third kappa shape index (κ3) is 5.89. The van der Waals surface area contributed by atoms with Crippen LogP contribution in [0.2, 0.25) is 0 Å². The number of aryl methyl sites for hydroxylation is 1. The quantitative estimate of drug-likeness (QED) is 0.544. The van der Waals surface area contributed by atoms with Gasteiger partial charge in [-0.25, -0.2) is 0 Å². The van der Waals surface area contributed by atoms with E-state index in [9.17, 15) is 9.59 Å². The van der Waals surface area contributed by atoms with E-state index in [-0.39, 0.29) is 11.8 Å². The van der Waals surface area contributed by atoms with Gasteiger partial charge in [-0.2, -0.15) is 0 Å². The van der Waals surface area contributed by atoms with Gasteiger partial charge in [0, 0.05) is 35.8 Å². The predicted octanol–water partition coefficient (Wildman–Crippen LogP) is 4.68. The Morgan fingerprint density at radius 1 is 1.00 bits per heavy atom. The molecule has 3 rings (SSSR count). The van der Waals surface area contributed by atoms with Crippen molar-refractivity contribution in [1.29, 1.82) is 0 Å². The topological polar surface area (TPSA) is 80.3 Å². The largest absolute Gasteiger partial charge is 0.496 e. The number of aromatic nitrogens is 1. The van der Waals surface area contributed by atoms with Gasteiger partial charge in [0.05, 0.1) is 11.6 Å². The van der Waals surface area contributed by atoms with E-state index in [0.29, 0.717) is 29.8 Å². The lowest BCUT2D eigenvalue weighted by Crippen LogP contribution is -2.15. The highest BCUT2D eigenvalue weighted by molar-refractivity contribution is 9.10. The zero-order chi connectivity index (χ0) is 20.6. The summed E-state index contributed by atoms with van der Waals surface area (Å²) < 4.78 is 6.06. The number of carbonyl (C=O) groups excluding carboxylic acids is 2. The minimum Gasteiger partial charge on any atom is -0.496 e. The molecule has 2 N–H and O–H groups in total. The molecule has 29 heavy (non-hydrogen) atoms. The van der Waals surface area contributed by atoms with Gasteiger partial charge in [0.2, 0.25) is 5.91 Å². The molecule has 0 saturated heterocycles. The van der Waals surface area contributed by atoms with Gasteiger partial charge in [0.1, 0.15) is 5.75 Å². The first-order valence-electron chi connectivity index (χ1n) is 8.99. The molecule has 0 atom stereocenters. The van der Waals surface area contributed by atoms with Gasteiger partial charge in [0.15, 0.2) is 0 Å². The number of amides is 2. The maximum Gasteiger partial charge on any atom is 0.255 e. The fourth-order valence-electron chi connectivity index (χ4n) is 2.72. The van der Waals surface area contributed by atoms with E-state index >= 15 is 0 Å². The fourth-order valence-corrected chi connectivity index (χ4v) is 3.31. The number of nitrogens with one attached hydrogen (secondary N) is 2. The number of benzene rings is 2. The number of nitrogens with zero attached hydrogens (tertiary/aromatic N) is 1. The molecule has 0 radical (unpaired) electrons. The third-order valence-electron chi connectivity index (χ3n) is 4.20. The number of halogens is 1. The van der Waals surface area contributed by atoms with E-state index in [1.807, 2.05) is 18.2 Å². The van der Waals surface area contributed by atoms with Crippen LogP contribution < -0.4 is 15.4 Å². The Bertz CT molecular complexity index is 1010. The molecule has 148 valence electrons. The van der Waals surface area contributed by atoms with E-state index in [2.05, 4.69) is 31.5 Å². The number of hydrogen-bond acceptors (Lipinski definition) is 4. The van der Waals surface area contributed by atoms with Crippen LogP contribution >= 0.6 is 15.9 Å². The second-order valence-electron chi connectivity index (χ2n) is 6.29. The molecule has 1 aromatic heterocycles. The molecule has 1 heterocycles. The van der Waals surface area contributed by atoms with Gasteiger partial charge in [-0.1, -0.05) is 12.1 Å². The van der Waals surface area contributed by atoms with Gasteiger partial charge < -0.3 is 15.4 Å². The van der Waals surface area contributed by atoms with E-state index < -0.39 is 0 Å². The van der Waals surface area contributed by atoms with Crippen molar-refractivity contribution >= 4 is 39.1 Å². The average molecular weight is 454 g/mol. The SMILES string of the molecule is COc1ccc(CCC(=O)Nc2cccc(C(=O)Nc3ccncc3)c2)cc1Br. The van der Waals surface area contributed by atoms with Crippen LogP contribution in [0.4, 0.5) is 11.4 Å². The summed E-state index contributed by atoms with van der Waals surface area (Å²) in [5, 5.41) is 5.64. The first kappa shape index (κ1) is 20.5. The van der Waals surface area contributed by atoms with Gasteiger partial charge in [-0.3, -0.25) is 14.6 Å². The molecule has 0 unspecified atom stereocenters. The zero-order valence-corrected chi connectivity index (χ0v) is 17.4. The highest BCUT2D eigenvalue weighted by Gasteiger charge is 2.09. The summed E-state index contributed by atoms with van der Waals surface area (Å²) in [7, 11) is 1.61. The van der Waals surface area contributed by atoms with Crippen molar-refractivity contribution in [3.63, 3.8) is 0 Å². The van der Waals surface area contributed by atoms with Crippen molar-refractivity contribution in [3.05, 3.63) is 82.6 Å². The highest BCUT2D eigenvalue weighted by atomic mass is 79.9.